The third-order valence-corrected chi connectivity index (χ3v) is 10.5. The van der Waals surface area contributed by atoms with E-state index in [0.29, 0.717) is 52.5 Å². The summed E-state index contributed by atoms with van der Waals surface area (Å²) in [6, 6.07) is 14.0. The minimum Gasteiger partial charge on any atom is -0.496 e. The number of fused-ring (bicyclic) bond motifs is 1. The summed E-state index contributed by atoms with van der Waals surface area (Å²) in [7, 11) is 5.38. The molecule has 11 heteroatoms. The van der Waals surface area contributed by atoms with E-state index in [1.54, 1.807) is 12.1 Å². The van der Waals surface area contributed by atoms with Crippen molar-refractivity contribution in [2.45, 2.75) is 64.8 Å². The molecule has 1 amide bonds. The Morgan fingerprint density at radius 1 is 1.06 bits per heavy atom. The topological polar surface area (TPSA) is 62.6 Å². The van der Waals surface area contributed by atoms with Gasteiger partial charge in [-0.25, -0.2) is 4.98 Å². The van der Waals surface area contributed by atoms with E-state index in [1.165, 1.54) is 25.3 Å². The highest BCUT2D eigenvalue weighted by atomic mass is 35.5. The van der Waals surface area contributed by atoms with Gasteiger partial charge >= 0.3 is 6.18 Å². The average molecular weight is 706 g/mol. The van der Waals surface area contributed by atoms with Gasteiger partial charge in [0.05, 0.1) is 29.1 Å². The normalized spacial score (nSPS) is 17.3. The first kappa shape index (κ1) is 35.7. The molecule has 7 nitrogen and oxygen atoms in total. The molecule has 1 fully saturated rings. The van der Waals surface area contributed by atoms with Gasteiger partial charge in [-0.05, 0) is 80.7 Å². The summed E-state index contributed by atoms with van der Waals surface area (Å²) in [5.41, 5.74) is 5.29. The second-order valence-corrected chi connectivity index (χ2v) is 13.8. The van der Waals surface area contributed by atoms with Crippen molar-refractivity contribution in [2.75, 3.05) is 32.6 Å². The SMILES string of the molecule is COc1cc(/C=C/c2cccc(-c3cccc(NC(=O)c4nc5c(n4C)CCN(C)C5)c3Cl)c2C)c(C(F)(F)F)cc1CN1CCCC[C@H]1C. The number of likely N-dealkylation sites (tertiary alicyclic amines) is 1. The van der Waals surface area contributed by atoms with Gasteiger partial charge in [0.1, 0.15) is 5.75 Å². The van der Waals surface area contributed by atoms with Crippen LogP contribution in [0, 0.1) is 6.92 Å². The Labute approximate surface area is 296 Å². The molecule has 3 aromatic carbocycles. The molecule has 2 aliphatic rings. The van der Waals surface area contributed by atoms with Crippen LogP contribution in [0.2, 0.25) is 5.02 Å². The number of likely N-dealkylation sites (N-methyl/N-ethyl adjacent to an activating group) is 1. The maximum atomic E-state index is 14.4. The van der Waals surface area contributed by atoms with Gasteiger partial charge in [0, 0.05) is 56.0 Å². The lowest BCUT2D eigenvalue weighted by molar-refractivity contribution is -0.137. The summed E-state index contributed by atoms with van der Waals surface area (Å²) in [6.45, 7) is 6.87. The van der Waals surface area contributed by atoms with Gasteiger partial charge in [0.25, 0.3) is 5.91 Å². The third-order valence-electron chi connectivity index (χ3n) is 10.1. The van der Waals surface area contributed by atoms with Gasteiger partial charge in [-0.1, -0.05) is 60.5 Å². The van der Waals surface area contributed by atoms with Crippen molar-refractivity contribution in [3.8, 4) is 16.9 Å². The number of carbonyl (C=O) groups excluding carboxylic acids is 1. The second-order valence-electron chi connectivity index (χ2n) is 13.4. The minimum atomic E-state index is -4.55. The predicted molar refractivity (Wildman–Crippen MR) is 193 cm³/mol. The summed E-state index contributed by atoms with van der Waals surface area (Å²) < 4.78 is 50.8. The number of carbonyl (C=O) groups is 1. The van der Waals surface area contributed by atoms with E-state index < -0.39 is 11.7 Å². The first-order valence-corrected chi connectivity index (χ1v) is 17.4. The first-order valence-electron chi connectivity index (χ1n) is 17.0. The Balaban J connectivity index is 1.28. The minimum absolute atomic E-state index is 0.0277. The number of imidazole rings is 1. The number of anilines is 1. The van der Waals surface area contributed by atoms with Gasteiger partial charge in [0.15, 0.2) is 5.82 Å². The highest BCUT2D eigenvalue weighted by Gasteiger charge is 2.34. The molecule has 2 aliphatic heterocycles. The zero-order chi connectivity index (χ0) is 35.7. The van der Waals surface area contributed by atoms with Gasteiger partial charge < -0.3 is 19.5 Å². The van der Waals surface area contributed by atoms with Crippen LogP contribution in [0.4, 0.5) is 18.9 Å². The lowest BCUT2D eigenvalue weighted by Crippen LogP contribution is -2.36. The molecule has 0 saturated carbocycles. The number of amides is 1. The number of benzene rings is 3. The highest BCUT2D eigenvalue weighted by molar-refractivity contribution is 6.36. The lowest BCUT2D eigenvalue weighted by atomic mass is 9.94. The highest BCUT2D eigenvalue weighted by Crippen LogP contribution is 2.39. The van der Waals surface area contributed by atoms with Crippen molar-refractivity contribution >= 4 is 35.3 Å². The van der Waals surface area contributed by atoms with Crippen LogP contribution in [0.1, 0.15) is 76.0 Å². The number of aromatic nitrogens is 2. The van der Waals surface area contributed by atoms with E-state index >= 15 is 0 Å². The van der Waals surface area contributed by atoms with Crippen LogP contribution in [0.3, 0.4) is 0 Å². The summed E-state index contributed by atoms with van der Waals surface area (Å²) in [5, 5.41) is 3.29. The van der Waals surface area contributed by atoms with Crippen molar-refractivity contribution in [1.29, 1.82) is 0 Å². The van der Waals surface area contributed by atoms with Gasteiger partial charge in [-0.3, -0.25) is 9.69 Å². The van der Waals surface area contributed by atoms with Crippen LogP contribution in [0.5, 0.6) is 5.75 Å². The maximum absolute atomic E-state index is 14.4. The number of methoxy groups -OCH3 is 1. The Kier molecular flexibility index (Phi) is 10.4. The standard InChI is InChI=1S/C39H43ClF3N5O2/c1-24-10-6-7-18-48(24)22-28-20-31(39(41,42)43)27(21-35(28)50-5)16-15-26-11-8-12-29(25(26)2)30-13-9-14-32(36(30)40)45-38(49)37-44-33-23-46(3)19-17-34(33)47(37)4/h8-9,11-16,20-21,24H,6-7,10,17-19,22-23H2,1-5H3,(H,45,49)/b16-15+/t24-/m1/s1. The molecule has 1 N–H and O–H groups in total. The molecule has 1 saturated heterocycles. The Bertz CT molecular complexity index is 1940. The van der Waals surface area contributed by atoms with Gasteiger partial charge in [0.2, 0.25) is 0 Å². The molecule has 264 valence electrons. The molecule has 3 heterocycles. The van der Waals surface area contributed by atoms with Crippen molar-refractivity contribution < 1.29 is 22.7 Å². The number of hydrogen-bond donors (Lipinski definition) is 1. The number of alkyl halides is 3. The number of nitrogens with one attached hydrogen (secondary N) is 1. The predicted octanol–water partition coefficient (Wildman–Crippen LogP) is 8.86. The van der Waals surface area contributed by atoms with Gasteiger partial charge in [-0.15, -0.1) is 0 Å². The van der Waals surface area contributed by atoms with Crippen LogP contribution in [-0.2, 0) is 32.7 Å². The number of nitrogens with zero attached hydrogens (tertiary/aromatic N) is 4. The van der Waals surface area contributed by atoms with Gasteiger partial charge in [-0.2, -0.15) is 13.2 Å². The molecule has 1 atom stereocenters. The Morgan fingerprint density at radius 3 is 2.54 bits per heavy atom. The molecule has 0 aliphatic carbocycles. The number of rotatable bonds is 8. The first-order chi connectivity index (χ1) is 23.8. The van der Waals surface area contributed by atoms with E-state index in [4.69, 9.17) is 16.3 Å². The van der Waals surface area contributed by atoms with Crippen molar-refractivity contribution in [1.82, 2.24) is 19.4 Å². The molecular weight excluding hydrogens is 663 g/mol. The van der Waals surface area contributed by atoms with E-state index in [2.05, 4.69) is 27.0 Å². The quantitative estimate of drug-likeness (QED) is 0.186. The zero-order valence-electron chi connectivity index (χ0n) is 29.1. The summed E-state index contributed by atoms with van der Waals surface area (Å²) >= 11 is 6.92. The van der Waals surface area contributed by atoms with Crippen molar-refractivity contribution in [3.05, 3.63) is 98.6 Å². The maximum Gasteiger partial charge on any atom is 0.417 e. The summed E-state index contributed by atoms with van der Waals surface area (Å²) in [6.07, 6.45) is 2.65. The number of hydrogen-bond acceptors (Lipinski definition) is 5. The molecule has 6 rings (SSSR count). The van der Waals surface area contributed by atoms with E-state index in [9.17, 15) is 18.0 Å². The number of halogens is 4. The smallest absolute Gasteiger partial charge is 0.417 e. The van der Waals surface area contributed by atoms with Crippen LogP contribution < -0.4 is 10.1 Å². The molecular formula is C39H43ClF3N5O2. The van der Waals surface area contributed by atoms with Crippen LogP contribution >= 0.6 is 11.6 Å². The Morgan fingerprint density at radius 2 is 1.80 bits per heavy atom. The number of ether oxygens (including phenoxy) is 1. The van der Waals surface area contributed by atoms with E-state index in [-0.39, 0.29) is 11.5 Å². The van der Waals surface area contributed by atoms with Crippen LogP contribution in [0.25, 0.3) is 23.3 Å². The molecule has 0 spiro atoms. The zero-order valence-corrected chi connectivity index (χ0v) is 29.9. The molecule has 0 radical (unpaired) electrons. The Hall–Kier alpha value is -4.12. The second kappa shape index (κ2) is 14.6. The third kappa shape index (κ3) is 7.33. The molecule has 1 aromatic heterocycles. The molecule has 50 heavy (non-hydrogen) atoms. The lowest BCUT2D eigenvalue weighted by Gasteiger charge is -2.33. The summed E-state index contributed by atoms with van der Waals surface area (Å²) in [4.78, 5) is 22.4. The van der Waals surface area contributed by atoms with E-state index in [0.717, 1.165) is 66.9 Å². The largest absolute Gasteiger partial charge is 0.496 e. The monoisotopic (exact) mass is 705 g/mol. The molecule has 0 unspecified atom stereocenters. The number of piperidine rings is 1. The van der Waals surface area contributed by atoms with Crippen LogP contribution in [-0.4, -0.2) is 58.5 Å². The average Bonchev–Trinajstić information content (AvgIpc) is 3.41. The molecule has 4 aromatic rings. The fraction of sp³-hybridized carbons (Fsp3) is 0.385. The summed E-state index contributed by atoms with van der Waals surface area (Å²) in [5.74, 6) is 0.396. The fourth-order valence-electron chi connectivity index (χ4n) is 7.13. The van der Waals surface area contributed by atoms with Crippen LogP contribution in [0.15, 0.2) is 48.5 Å². The van der Waals surface area contributed by atoms with E-state index in [1.807, 2.05) is 55.9 Å². The van der Waals surface area contributed by atoms with Crippen molar-refractivity contribution in [3.63, 3.8) is 0 Å². The fourth-order valence-corrected chi connectivity index (χ4v) is 7.41. The molecule has 0 bridgehead atoms. The van der Waals surface area contributed by atoms with Crippen molar-refractivity contribution in [2.24, 2.45) is 7.05 Å².